The van der Waals surface area contributed by atoms with Gasteiger partial charge in [-0.05, 0) is 36.0 Å². The number of benzene rings is 2. The van der Waals surface area contributed by atoms with Crippen LogP contribution < -0.4 is 4.90 Å². The van der Waals surface area contributed by atoms with E-state index in [0.717, 1.165) is 5.69 Å². The van der Waals surface area contributed by atoms with Crippen LogP contribution in [0.4, 0.5) is 5.69 Å². The average Bonchev–Trinajstić information content (AvgIpc) is 2.66. The molecule has 2 unspecified atom stereocenters. The van der Waals surface area contributed by atoms with Gasteiger partial charge in [-0.2, -0.15) is 0 Å². The molecule has 24 heavy (non-hydrogen) atoms. The molecule has 1 fully saturated rings. The van der Waals surface area contributed by atoms with Crippen LogP contribution in [0.2, 0.25) is 0 Å². The molecule has 4 rings (SSSR count). The first-order chi connectivity index (χ1) is 11.8. The molecule has 2 aromatic rings. The number of carbonyl (C=O) groups is 1. The van der Waals surface area contributed by atoms with Crippen molar-refractivity contribution in [3.8, 4) is 0 Å². The second-order valence-electron chi connectivity index (χ2n) is 7.27. The van der Waals surface area contributed by atoms with Gasteiger partial charge >= 0.3 is 0 Å². The topological polar surface area (TPSA) is 20.3 Å². The zero-order chi connectivity index (χ0) is 16.5. The number of hydrogen-bond acceptors (Lipinski definition) is 1. The number of rotatable bonds is 2. The maximum atomic E-state index is 13.3. The second kappa shape index (κ2) is 6.43. The molecule has 0 spiro atoms. The van der Waals surface area contributed by atoms with Crippen molar-refractivity contribution in [2.45, 2.75) is 38.0 Å². The van der Waals surface area contributed by atoms with Crippen molar-refractivity contribution in [3.63, 3.8) is 0 Å². The van der Waals surface area contributed by atoms with Crippen molar-refractivity contribution >= 4 is 11.6 Å². The van der Waals surface area contributed by atoms with Crippen LogP contribution in [0, 0.1) is 11.8 Å². The van der Waals surface area contributed by atoms with E-state index in [1.165, 1.54) is 43.2 Å². The number of para-hydroxylation sites is 1. The summed E-state index contributed by atoms with van der Waals surface area (Å²) in [5.41, 5.74) is 3.66. The number of anilines is 1. The van der Waals surface area contributed by atoms with Gasteiger partial charge in [0.05, 0.1) is 5.92 Å². The van der Waals surface area contributed by atoms with Crippen LogP contribution in [0.1, 0.15) is 49.1 Å². The Labute approximate surface area is 144 Å². The Morgan fingerprint density at radius 2 is 1.54 bits per heavy atom. The fourth-order valence-electron chi connectivity index (χ4n) is 4.75. The maximum absolute atomic E-state index is 13.3. The molecule has 2 nitrogen and oxygen atoms in total. The minimum atomic E-state index is 0.0765. The predicted octanol–water partition coefficient (Wildman–Crippen LogP) is 4.99. The summed E-state index contributed by atoms with van der Waals surface area (Å²) in [6.45, 7) is 0. The summed E-state index contributed by atoms with van der Waals surface area (Å²) in [5, 5.41) is 0. The fraction of sp³-hybridized carbons (Fsp3) is 0.409. The summed E-state index contributed by atoms with van der Waals surface area (Å²) in [5.74, 6) is 1.07. The van der Waals surface area contributed by atoms with Gasteiger partial charge < -0.3 is 4.90 Å². The van der Waals surface area contributed by atoms with Gasteiger partial charge in [-0.1, -0.05) is 67.8 Å². The normalized spacial score (nSPS) is 24.7. The van der Waals surface area contributed by atoms with E-state index in [1.807, 2.05) is 18.0 Å². The molecular weight excluding hydrogens is 294 g/mol. The van der Waals surface area contributed by atoms with E-state index in [1.54, 1.807) is 0 Å². The highest BCUT2D eigenvalue weighted by molar-refractivity contribution is 5.99. The van der Waals surface area contributed by atoms with E-state index in [2.05, 4.69) is 48.5 Å². The number of nitrogens with zero attached hydrogens (tertiary/aromatic N) is 1. The largest absolute Gasteiger partial charge is 0.315 e. The summed E-state index contributed by atoms with van der Waals surface area (Å²) in [7, 11) is 1.94. The molecule has 1 aliphatic heterocycles. The summed E-state index contributed by atoms with van der Waals surface area (Å²) in [4.78, 5) is 15.2. The molecule has 0 N–H and O–H groups in total. The maximum Gasteiger partial charge on any atom is 0.231 e. The van der Waals surface area contributed by atoms with Crippen LogP contribution in [-0.2, 0) is 4.79 Å². The lowest BCUT2D eigenvalue weighted by Gasteiger charge is -2.42. The van der Waals surface area contributed by atoms with Gasteiger partial charge in [-0.3, -0.25) is 4.79 Å². The van der Waals surface area contributed by atoms with E-state index < -0.39 is 0 Å². The standard InChI is InChI=1S/C22H25NO/c1-23-19-15-9-8-14-18(19)20(16-10-4-2-5-11-16)21(22(23)24)17-12-6-3-7-13-17/h2,4-5,8-11,14-15,17,20-21H,3,6-7,12-13H2,1H3. The lowest BCUT2D eigenvalue weighted by molar-refractivity contribution is -0.125. The summed E-state index contributed by atoms with van der Waals surface area (Å²) < 4.78 is 0. The third-order valence-corrected chi connectivity index (χ3v) is 5.92. The van der Waals surface area contributed by atoms with Crippen molar-refractivity contribution in [3.05, 3.63) is 65.7 Å². The number of carbonyl (C=O) groups excluding carboxylic acids is 1. The molecule has 124 valence electrons. The van der Waals surface area contributed by atoms with Gasteiger partial charge in [-0.25, -0.2) is 0 Å². The van der Waals surface area contributed by atoms with Crippen molar-refractivity contribution in [1.82, 2.24) is 0 Å². The molecule has 2 aromatic carbocycles. The van der Waals surface area contributed by atoms with Crippen LogP contribution in [0.25, 0.3) is 0 Å². The smallest absolute Gasteiger partial charge is 0.231 e. The molecular formula is C22H25NO. The first-order valence-corrected chi connectivity index (χ1v) is 9.19. The molecule has 0 radical (unpaired) electrons. The van der Waals surface area contributed by atoms with E-state index in [4.69, 9.17) is 0 Å². The molecule has 1 heterocycles. The molecule has 0 aromatic heterocycles. The van der Waals surface area contributed by atoms with E-state index >= 15 is 0 Å². The minimum Gasteiger partial charge on any atom is -0.315 e. The zero-order valence-corrected chi connectivity index (χ0v) is 14.3. The number of amides is 1. The van der Waals surface area contributed by atoms with Crippen LogP contribution in [0.5, 0.6) is 0 Å². The van der Waals surface area contributed by atoms with Crippen LogP contribution in [0.3, 0.4) is 0 Å². The molecule has 1 amide bonds. The third kappa shape index (κ3) is 2.54. The van der Waals surface area contributed by atoms with Crippen LogP contribution in [-0.4, -0.2) is 13.0 Å². The Kier molecular flexibility index (Phi) is 4.13. The predicted molar refractivity (Wildman–Crippen MR) is 98.2 cm³/mol. The molecule has 1 aliphatic carbocycles. The van der Waals surface area contributed by atoms with Gasteiger partial charge in [0.15, 0.2) is 0 Å². The molecule has 1 saturated carbocycles. The van der Waals surface area contributed by atoms with Gasteiger partial charge in [0.2, 0.25) is 5.91 Å². The Morgan fingerprint density at radius 1 is 0.875 bits per heavy atom. The van der Waals surface area contributed by atoms with Gasteiger partial charge in [0, 0.05) is 18.7 Å². The Hall–Kier alpha value is -2.09. The minimum absolute atomic E-state index is 0.0765. The van der Waals surface area contributed by atoms with E-state index in [9.17, 15) is 4.79 Å². The van der Waals surface area contributed by atoms with Crippen molar-refractivity contribution in [1.29, 1.82) is 0 Å². The summed E-state index contributed by atoms with van der Waals surface area (Å²) >= 11 is 0. The Morgan fingerprint density at radius 3 is 2.29 bits per heavy atom. The third-order valence-electron chi connectivity index (χ3n) is 5.92. The van der Waals surface area contributed by atoms with Gasteiger partial charge in [-0.15, -0.1) is 0 Å². The Bertz CT molecular complexity index is 718. The monoisotopic (exact) mass is 319 g/mol. The highest BCUT2D eigenvalue weighted by atomic mass is 16.2. The highest BCUT2D eigenvalue weighted by Gasteiger charge is 2.43. The SMILES string of the molecule is CN1C(=O)C(C2CCCCC2)C(c2ccccc2)c2ccccc21. The molecule has 0 saturated heterocycles. The van der Waals surface area contributed by atoms with Crippen molar-refractivity contribution < 1.29 is 4.79 Å². The van der Waals surface area contributed by atoms with E-state index in [0.29, 0.717) is 11.8 Å². The van der Waals surface area contributed by atoms with E-state index in [-0.39, 0.29) is 11.8 Å². The summed E-state index contributed by atoms with van der Waals surface area (Å²) in [6, 6.07) is 19.1. The quantitative estimate of drug-likeness (QED) is 0.763. The molecule has 2 heteroatoms. The van der Waals surface area contributed by atoms with Crippen LogP contribution in [0.15, 0.2) is 54.6 Å². The lowest BCUT2D eigenvalue weighted by atomic mass is 9.67. The summed E-state index contributed by atoms with van der Waals surface area (Å²) in [6.07, 6.45) is 6.23. The lowest BCUT2D eigenvalue weighted by Crippen LogP contribution is -2.45. The average molecular weight is 319 g/mol. The first-order valence-electron chi connectivity index (χ1n) is 9.19. The second-order valence-corrected chi connectivity index (χ2v) is 7.27. The van der Waals surface area contributed by atoms with Crippen LogP contribution >= 0.6 is 0 Å². The fourth-order valence-corrected chi connectivity index (χ4v) is 4.75. The first kappa shape index (κ1) is 15.4. The Balaban J connectivity index is 1.85. The highest BCUT2D eigenvalue weighted by Crippen LogP contribution is 2.48. The number of fused-ring (bicyclic) bond motifs is 1. The van der Waals surface area contributed by atoms with Crippen molar-refractivity contribution in [2.75, 3.05) is 11.9 Å². The zero-order valence-electron chi connectivity index (χ0n) is 14.3. The molecule has 2 atom stereocenters. The molecule has 2 aliphatic rings. The van der Waals surface area contributed by atoms with Crippen molar-refractivity contribution in [2.24, 2.45) is 11.8 Å². The van der Waals surface area contributed by atoms with Gasteiger partial charge in [0.25, 0.3) is 0 Å². The molecule has 0 bridgehead atoms. The number of hydrogen-bond donors (Lipinski definition) is 0. The van der Waals surface area contributed by atoms with Gasteiger partial charge in [0.1, 0.15) is 0 Å².